The molecule has 0 aliphatic heterocycles. The number of halogens is 1. The summed E-state index contributed by atoms with van der Waals surface area (Å²) < 4.78 is 10.5. The molecule has 0 fully saturated rings. The number of hydrogen-bond donors (Lipinski definition) is 1. The van der Waals surface area contributed by atoms with Gasteiger partial charge in [0, 0.05) is 12.1 Å². The van der Waals surface area contributed by atoms with Crippen LogP contribution in [0.15, 0.2) is 18.2 Å². The molecule has 1 N–H and O–H groups in total. The fourth-order valence-corrected chi connectivity index (χ4v) is 1.70. The summed E-state index contributed by atoms with van der Waals surface area (Å²) in [6, 6.07) is 6.24. The first-order valence-corrected chi connectivity index (χ1v) is 6.06. The molecule has 1 aromatic carbocycles. The van der Waals surface area contributed by atoms with E-state index in [2.05, 4.69) is 11.4 Å². The van der Waals surface area contributed by atoms with Crippen molar-refractivity contribution in [3.63, 3.8) is 0 Å². The maximum absolute atomic E-state index is 6.11. The van der Waals surface area contributed by atoms with Crippen molar-refractivity contribution in [2.75, 3.05) is 34.0 Å². The van der Waals surface area contributed by atoms with Crippen molar-refractivity contribution in [1.82, 2.24) is 5.32 Å². The lowest BCUT2D eigenvalue weighted by Crippen LogP contribution is -2.22. The second kappa shape index (κ2) is 7.67. The number of nitrogens with one attached hydrogen (secondary N) is 1. The Kier molecular flexibility index (Phi) is 6.52. The van der Waals surface area contributed by atoms with Gasteiger partial charge in [0.15, 0.2) is 0 Å². The van der Waals surface area contributed by atoms with Gasteiger partial charge in [0.05, 0.1) is 25.9 Å². The Hall–Kier alpha value is -0.610. The molecule has 4 heteroatoms. The minimum atomic E-state index is 0.157. The van der Waals surface area contributed by atoms with E-state index in [1.54, 1.807) is 7.11 Å². The maximum atomic E-state index is 6.11. The second-order valence-corrected chi connectivity index (χ2v) is 4.32. The number of ether oxygens (including phenoxy) is 2. The van der Waals surface area contributed by atoms with Gasteiger partial charge in [-0.15, -0.1) is 0 Å². The van der Waals surface area contributed by atoms with E-state index in [1.807, 2.05) is 26.1 Å². The molecule has 0 saturated heterocycles. The molecule has 1 unspecified atom stereocenters. The Morgan fingerprint density at radius 1 is 1.35 bits per heavy atom. The molecule has 0 amide bonds. The van der Waals surface area contributed by atoms with Crippen molar-refractivity contribution >= 4 is 11.6 Å². The van der Waals surface area contributed by atoms with Crippen LogP contribution in [0.4, 0.5) is 0 Å². The van der Waals surface area contributed by atoms with Gasteiger partial charge in [0.25, 0.3) is 0 Å². The monoisotopic (exact) mass is 257 g/mol. The number of benzene rings is 1. The highest BCUT2D eigenvalue weighted by atomic mass is 35.5. The van der Waals surface area contributed by atoms with Crippen LogP contribution in [0.2, 0.25) is 5.02 Å². The zero-order valence-electron chi connectivity index (χ0n) is 10.6. The van der Waals surface area contributed by atoms with Crippen molar-refractivity contribution in [2.24, 2.45) is 0 Å². The molecule has 0 heterocycles. The normalized spacial score (nSPS) is 12.7. The number of hydrogen-bond acceptors (Lipinski definition) is 3. The van der Waals surface area contributed by atoms with Crippen molar-refractivity contribution in [3.8, 4) is 0 Å². The molecule has 0 bridgehead atoms. The summed E-state index contributed by atoms with van der Waals surface area (Å²) in [4.78, 5) is 0. The van der Waals surface area contributed by atoms with Gasteiger partial charge in [-0.2, -0.15) is 0 Å². The van der Waals surface area contributed by atoms with Crippen LogP contribution < -0.4 is 5.32 Å². The number of likely N-dealkylation sites (N-methyl/N-ethyl adjacent to an activating group) is 1. The molecule has 0 saturated carbocycles. The van der Waals surface area contributed by atoms with Crippen molar-refractivity contribution in [1.29, 1.82) is 0 Å². The van der Waals surface area contributed by atoms with Gasteiger partial charge in [-0.25, -0.2) is 0 Å². The maximum Gasteiger partial charge on any atom is 0.0701 e. The van der Waals surface area contributed by atoms with E-state index in [1.165, 1.54) is 0 Å². The Morgan fingerprint density at radius 3 is 2.71 bits per heavy atom. The van der Waals surface area contributed by atoms with Crippen LogP contribution in [0.3, 0.4) is 0 Å². The zero-order valence-corrected chi connectivity index (χ0v) is 11.4. The number of aryl methyl sites for hydroxylation is 1. The Labute approximate surface area is 108 Å². The van der Waals surface area contributed by atoms with E-state index in [4.69, 9.17) is 21.1 Å². The fraction of sp³-hybridized carbons (Fsp3) is 0.538. The van der Waals surface area contributed by atoms with Crippen LogP contribution in [0.1, 0.15) is 17.2 Å². The average Bonchev–Trinajstić information content (AvgIpc) is 2.33. The average molecular weight is 258 g/mol. The quantitative estimate of drug-likeness (QED) is 0.762. The molecule has 0 aromatic heterocycles. The van der Waals surface area contributed by atoms with Crippen molar-refractivity contribution in [2.45, 2.75) is 13.0 Å². The second-order valence-electron chi connectivity index (χ2n) is 3.92. The highest BCUT2D eigenvalue weighted by molar-refractivity contribution is 6.31. The minimum Gasteiger partial charge on any atom is -0.382 e. The third kappa shape index (κ3) is 4.64. The van der Waals surface area contributed by atoms with Crippen LogP contribution in [0.25, 0.3) is 0 Å². The molecule has 17 heavy (non-hydrogen) atoms. The first-order valence-electron chi connectivity index (χ1n) is 5.69. The van der Waals surface area contributed by atoms with Gasteiger partial charge < -0.3 is 14.8 Å². The van der Waals surface area contributed by atoms with Gasteiger partial charge in [0.2, 0.25) is 0 Å². The largest absolute Gasteiger partial charge is 0.382 e. The molecule has 1 rings (SSSR count). The fourth-order valence-electron chi connectivity index (χ4n) is 1.52. The predicted molar refractivity (Wildman–Crippen MR) is 70.7 cm³/mol. The number of methoxy groups -OCH3 is 1. The predicted octanol–water partition coefficient (Wildman–Crippen LogP) is 2.57. The van der Waals surface area contributed by atoms with E-state index < -0.39 is 0 Å². The molecule has 0 aliphatic carbocycles. The van der Waals surface area contributed by atoms with Gasteiger partial charge in [-0.3, -0.25) is 0 Å². The van der Waals surface area contributed by atoms with E-state index in [0.717, 1.165) is 16.1 Å². The minimum absolute atomic E-state index is 0.157. The Balaban J connectivity index is 2.56. The van der Waals surface area contributed by atoms with Crippen LogP contribution in [-0.2, 0) is 9.47 Å². The van der Waals surface area contributed by atoms with Crippen molar-refractivity contribution < 1.29 is 9.47 Å². The summed E-state index contributed by atoms with van der Waals surface area (Å²) in [6.45, 7) is 3.83. The standard InChI is InChI=1S/C13H20ClNO2/c1-10-4-5-11(8-12(10)14)13(15-2)9-17-7-6-16-3/h4-5,8,13,15H,6-7,9H2,1-3H3. The summed E-state index contributed by atoms with van der Waals surface area (Å²) in [5.74, 6) is 0. The van der Waals surface area contributed by atoms with Gasteiger partial charge in [0.1, 0.15) is 0 Å². The smallest absolute Gasteiger partial charge is 0.0701 e. The summed E-state index contributed by atoms with van der Waals surface area (Å²) in [7, 11) is 3.58. The molecule has 96 valence electrons. The molecule has 1 atom stereocenters. The highest BCUT2D eigenvalue weighted by Gasteiger charge is 2.10. The molecular formula is C13H20ClNO2. The lowest BCUT2D eigenvalue weighted by molar-refractivity contribution is 0.0596. The molecule has 0 radical (unpaired) electrons. The molecular weight excluding hydrogens is 238 g/mol. The third-order valence-electron chi connectivity index (χ3n) is 2.66. The van der Waals surface area contributed by atoms with E-state index >= 15 is 0 Å². The summed E-state index contributed by atoms with van der Waals surface area (Å²) >= 11 is 6.11. The Bertz CT molecular complexity index is 344. The topological polar surface area (TPSA) is 30.5 Å². The van der Waals surface area contributed by atoms with Crippen LogP contribution in [0, 0.1) is 6.92 Å². The number of rotatable bonds is 7. The van der Waals surface area contributed by atoms with Gasteiger partial charge >= 0.3 is 0 Å². The first-order chi connectivity index (χ1) is 8.19. The summed E-state index contributed by atoms with van der Waals surface area (Å²) in [5, 5.41) is 4.01. The SMILES string of the molecule is CNC(COCCOC)c1ccc(C)c(Cl)c1. The van der Waals surface area contributed by atoms with Crippen LogP contribution in [0.5, 0.6) is 0 Å². The Morgan fingerprint density at radius 2 is 2.12 bits per heavy atom. The van der Waals surface area contributed by atoms with Gasteiger partial charge in [-0.1, -0.05) is 23.7 Å². The van der Waals surface area contributed by atoms with Gasteiger partial charge in [-0.05, 0) is 31.2 Å². The third-order valence-corrected chi connectivity index (χ3v) is 3.07. The van der Waals surface area contributed by atoms with Crippen LogP contribution >= 0.6 is 11.6 Å². The van der Waals surface area contributed by atoms with Crippen LogP contribution in [-0.4, -0.2) is 34.0 Å². The van der Waals surface area contributed by atoms with E-state index in [9.17, 15) is 0 Å². The highest BCUT2D eigenvalue weighted by Crippen LogP contribution is 2.21. The molecule has 1 aromatic rings. The summed E-state index contributed by atoms with van der Waals surface area (Å²) in [6.07, 6.45) is 0. The lowest BCUT2D eigenvalue weighted by atomic mass is 10.1. The molecule has 0 aliphatic rings. The lowest BCUT2D eigenvalue weighted by Gasteiger charge is -2.17. The van der Waals surface area contributed by atoms with Crippen molar-refractivity contribution in [3.05, 3.63) is 34.3 Å². The zero-order chi connectivity index (χ0) is 12.7. The first kappa shape index (κ1) is 14.5. The van der Waals surface area contributed by atoms with E-state index in [0.29, 0.717) is 19.8 Å². The van der Waals surface area contributed by atoms with E-state index in [-0.39, 0.29) is 6.04 Å². The molecule has 3 nitrogen and oxygen atoms in total. The molecule has 0 spiro atoms. The summed E-state index contributed by atoms with van der Waals surface area (Å²) in [5.41, 5.74) is 2.23.